The van der Waals surface area contributed by atoms with Crippen molar-refractivity contribution in [2.24, 2.45) is 0 Å². The van der Waals surface area contributed by atoms with Crippen LogP contribution in [0.15, 0.2) is 44.7 Å². The van der Waals surface area contributed by atoms with Crippen molar-refractivity contribution in [2.75, 3.05) is 0 Å². The van der Waals surface area contributed by atoms with E-state index in [1.165, 1.54) is 18.4 Å². The molecular weight excluding hydrogens is 296 g/mol. The topological polar surface area (TPSA) is 122 Å². The average Bonchev–Trinajstić information content (AvgIpc) is 2.79. The number of furan rings is 1. The fourth-order valence-corrected chi connectivity index (χ4v) is 2.56. The van der Waals surface area contributed by atoms with Gasteiger partial charge in [0.1, 0.15) is 10.7 Å². The summed E-state index contributed by atoms with van der Waals surface area (Å²) in [6, 6.07) is 6.53. The highest BCUT2D eigenvalue weighted by Crippen LogP contribution is 2.29. The first-order valence-corrected chi connectivity index (χ1v) is 7.62. The minimum absolute atomic E-state index is 0.00868. The SMILES string of the molecule is O=S(=O)(O)c1c[c]c(S(=O)(=O)O)c(-c2ccco2)c1. The Labute approximate surface area is 109 Å². The Bertz CT molecular complexity index is 802. The minimum Gasteiger partial charge on any atom is -0.464 e. The summed E-state index contributed by atoms with van der Waals surface area (Å²) >= 11 is 0. The molecule has 2 N–H and O–H groups in total. The summed E-state index contributed by atoms with van der Waals surface area (Å²) in [6.45, 7) is 0. The van der Waals surface area contributed by atoms with Crippen LogP contribution in [-0.2, 0) is 20.2 Å². The Kier molecular flexibility index (Phi) is 3.22. The third-order valence-corrected chi connectivity index (χ3v) is 3.90. The van der Waals surface area contributed by atoms with Crippen LogP contribution in [0, 0.1) is 6.07 Å². The van der Waals surface area contributed by atoms with E-state index in [4.69, 9.17) is 13.5 Å². The second-order valence-corrected chi connectivity index (χ2v) is 6.29. The number of hydrogen-bond donors (Lipinski definition) is 2. The number of hydrogen-bond acceptors (Lipinski definition) is 5. The first kappa shape index (κ1) is 13.7. The summed E-state index contributed by atoms with van der Waals surface area (Å²) in [6.07, 6.45) is 1.24. The van der Waals surface area contributed by atoms with Gasteiger partial charge in [-0.3, -0.25) is 9.11 Å². The molecule has 2 aromatic rings. The molecule has 7 nitrogen and oxygen atoms in total. The Morgan fingerprint density at radius 3 is 2.26 bits per heavy atom. The summed E-state index contributed by atoms with van der Waals surface area (Å²) in [7, 11) is -9.14. The van der Waals surface area contributed by atoms with Gasteiger partial charge in [0.05, 0.1) is 11.2 Å². The third kappa shape index (κ3) is 2.84. The molecule has 1 heterocycles. The van der Waals surface area contributed by atoms with E-state index in [1.54, 1.807) is 0 Å². The van der Waals surface area contributed by atoms with Gasteiger partial charge in [0.2, 0.25) is 0 Å². The van der Waals surface area contributed by atoms with Crippen molar-refractivity contribution in [1.29, 1.82) is 0 Å². The molecule has 1 aromatic heterocycles. The molecule has 2 rings (SSSR count). The molecule has 0 saturated carbocycles. The predicted octanol–water partition coefficient (Wildman–Crippen LogP) is 1.24. The van der Waals surface area contributed by atoms with Crippen molar-refractivity contribution in [3.63, 3.8) is 0 Å². The molecule has 19 heavy (non-hydrogen) atoms. The highest BCUT2D eigenvalue weighted by Gasteiger charge is 2.22. The first-order chi connectivity index (χ1) is 8.69. The summed E-state index contributed by atoms with van der Waals surface area (Å²) < 4.78 is 67.3. The van der Waals surface area contributed by atoms with Crippen LogP contribution >= 0.6 is 0 Å². The largest absolute Gasteiger partial charge is 0.464 e. The van der Waals surface area contributed by atoms with Gasteiger partial charge in [-0.25, -0.2) is 0 Å². The van der Waals surface area contributed by atoms with Crippen LogP contribution in [0.2, 0.25) is 0 Å². The van der Waals surface area contributed by atoms with E-state index in [9.17, 15) is 16.8 Å². The van der Waals surface area contributed by atoms with Crippen LogP contribution < -0.4 is 0 Å². The zero-order valence-corrected chi connectivity index (χ0v) is 10.8. The summed E-state index contributed by atoms with van der Waals surface area (Å²) in [5.41, 5.74) is -0.220. The van der Waals surface area contributed by atoms with Gasteiger partial charge >= 0.3 is 0 Å². The Balaban J connectivity index is 2.79. The molecule has 101 valence electrons. The van der Waals surface area contributed by atoms with Crippen molar-refractivity contribution >= 4 is 20.2 Å². The van der Waals surface area contributed by atoms with E-state index < -0.39 is 30.0 Å². The van der Waals surface area contributed by atoms with Crippen LogP contribution in [0.1, 0.15) is 0 Å². The van der Waals surface area contributed by atoms with Crippen molar-refractivity contribution < 1.29 is 30.4 Å². The molecule has 0 bridgehead atoms. The normalized spacial score (nSPS) is 12.5. The fourth-order valence-electron chi connectivity index (χ4n) is 1.44. The third-order valence-electron chi connectivity index (χ3n) is 2.22. The molecule has 0 unspecified atom stereocenters. The van der Waals surface area contributed by atoms with Gasteiger partial charge < -0.3 is 4.42 Å². The second-order valence-electron chi connectivity index (χ2n) is 3.51. The molecule has 0 atom stereocenters. The van der Waals surface area contributed by atoms with Gasteiger partial charge in [-0.15, -0.1) is 0 Å². The molecular formula is C10H7O7S2. The van der Waals surface area contributed by atoms with Crippen molar-refractivity contribution in [2.45, 2.75) is 9.79 Å². The van der Waals surface area contributed by atoms with Crippen LogP contribution in [0.25, 0.3) is 11.3 Å². The lowest BCUT2D eigenvalue weighted by molar-refractivity contribution is 0.478. The molecule has 0 fully saturated rings. The lowest BCUT2D eigenvalue weighted by Crippen LogP contribution is -2.04. The van der Waals surface area contributed by atoms with Gasteiger partial charge in [0, 0.05) is 11.6 Å². The van der Waals surface area contributed by atoms with E-state index in [0.29, 0.717) is 0 Å². The van der Waals surface area contributed by atoms with Gasteiger partial charge in [-0.05, 0) is 24.3 Å². The van der Waals surface area contributed by atoms with Crippen LogP contribution in [0.3, 0.4) is 0 Å². The van der Waals surface area contributed by atoms with E-state index in [1.807, 2.05) is 0 Å². The summed E-state index contributed by atoms with van der Waals surface area (Å²) in [4.78, 5) is -1.21. The van der Waals surface area contributed by atoms with Crippen molar-refractivity contribution in [3.05, 3.63) is 36.6 Å². The highest BCUT2D eigenvalue weighted by atomic mass is 32.2. The lowest BCUT2D eigenvalue weighted by atomic mass is 10.2. The summed E-state index contributed by atoms with van der Waals surface area (Å²) in [5.74, 6) is 0.00868. The van der Waals surface area contributed by atoms with Crippen molar-refractivity contribution in [1.82, 2.24) is 0 Å². The number of rotatable bonds is 3. The lowest BCUT2D eigenvalue weighted by Gasteiger charge is -2.06. The smallest absolute Gasteiger partial charge is 0.295 e. The Hall–Kier alpha value is -1.68. The van der Waals surface area contributed by atoms with Crippen LogP contribution in [-0.4, -0.2) is 25.9 Å². The maximum absolute atomic E-state index is 11.2. The zero-order chi connectivity index (χ0) is 14.3. The Morgan fingerprint density at radius 1 is 1.11 bits per heavy atom. The molecule has 0 amide bonds. The van der Waals surface area contributed by atoms with Crippen LogP contribution in [0.4, 0.5) is 0 Å². The molecule has 0 saturated heterocycles. The van der Waals surface area contributed by atoms with E-state index >= 15 is 0 Å². The maximum Gasteiger partial charge on any atom is 0.295 e. The monoisotopic (exact) mass is 303 g/mol. The van der Waals surface area contributed by atoms with Crippen LogP contribution in [0.5, 0.6) is 0 Å². The van der Waals surface area contributed by atoms with Gasteiger partial charge in [0.15, 0.2) is 0 Å². The van der Waals surface area contributed by atoms with E-state index in [0.717, 1.165) is 12.1 Å². The van der Waals surface area contributed by atoms with Gasteiger partial charge in [-0.2, -0.15) is 16.8 Å². The Morgan fingerprint density at radius 2 is 1.79 bits per heavy atom. The minimum atomic E-state index is -4.61. The average molecular weight is 303 g/mol. The molecule has 0 aliphatic heterocycles. The molecule has 0 aliphatic rings. The highest BCUT2D eigenvalue weighted by molar-refractivity contribution is 7.86. The van der Waals surface area contributed by atoms with E-state index in [2.05, 4.69) is 6.07 Å². The summed E-state index contributed by atoms with van der Waals surface area (Å²) in [5, 5.41) is 0. The van der Waals surface area contributed by atoms with Gasteiger partial charge in [0.25, 0.3) is 20.2 Å². The zero-order valence-electron chi connectivity index (χ0n) is 9.14. The molecule has 9 heteroatoms. The fraction of sp³-hybridized carbons (Fsp3) is 0. The van der Waals surface area contributed by atoms with E-state index in [-0.39, 0.29) is 11.3 Å². The first-order valence-electron chi connectivity index (χ1n) is 4.74. The molecule has 0 spiro atoms. The quantitative estimate of drug-likeness (QED) is 0.818. The maximum atomic E-state index is 11.2. The number of benzene rings is 1. The van der Waals surface area contributed by atoms with Crippen molar-refractivity contribution in [3.8, 4) is 11.3 Å². The molecule has 1 aromatic carbocycles. The second kappa shape index (κ2) is 4.46. The standard InChI is InChI=1S/C10H7O7S2/c11-18(12,13)7-3-4-10(19(14,15)16)8(6-7)9-2-1-5-17-9/h1-3,5-6H,(H,11,12,13)(H,14,15,16). The van der Waals surface area contributed by atoms with Gasteiger partial charge in [-0.1, -0.05) is 0 Å². The molecule has 0 aliphatic carbocycles. The molecule has 1 radical (unpaired) electrons. The predicted molar refractivity (Wildman–Crippen MR) is 62.6 cm³/mol.